The minimum Gasteiger partial charge on any atom is -0.491 e. The van der Waals surface area contributed by atoms with Crippen LogP contribution in [-0.4, -0.2) is 59.1 Å². The molecule has 55 heavy (non-hydrogen) atoms. The summed E-state index contributed by atoms with van der Waals surface area (Å²) in [6.07, 6.45) is 9.03. The van der Waals surface area contributed by atoms with Crippen molar-refractivity contribution in [3.63, 3.8) is 0 Å². The first kappa shape index (κ1) is 53.5. The molecule has 294 valence electrons. The van der Waals surface area contributed by atoms with Crippen LogP contribution in [0.4, 0.5) is 4.79 Å². The monoisotopic (exact) mass is 834 g/mol. The van der Waals surface area contributed by atoms with E-state index in [0.717, 1.165) is 16.7 Å². The quantitative estimate of drug-likeness (QED) is 0.0563. The van der Waals surface area contributed by atoms with Gasteiger partial charge in [0.15, 0.2) is 11.9 Å². The van der Waals surface area contributed by atoms with Crippen LogP contribution in [-0.2, 0) is 71.6 Å². The summed E-state index contributed by atoms with van der Waals surface area (Å²) in [4.78, 5) is 44.4. The van der Waals surface area contributed by atoms with Crippen LogP contribution in [0.3, 0.4) is 0 Å². The Morgan fingerprint density at radius 2 is 1.09 bits per heavy atom. The van der Waals surface area contributed by atoms with Gasteiger partial charge in [-0.05, 0) is 61.0 Å². The predicted molar refractivity (Wildman–Crippen MR) is 205 cm³/mol. The molecule has 1 unspecified atom stereocenters. The molecule has 1 atom stereocenters. The van der Waals surface area contributed by atoms with Gasteiger partial charge in [-0.25, -0.2) is 4.79 Å². The topological polar surface area (TPSA) is 114 Å². The third-order valence-corrected chi connectivity index (χ3v) is 6.12. The Bertz CT molecular complexity index is 1770. The predicted octanol–water partition coefficient (Wildman–Crippen LogP) is 6.99. The van der Waals surface area contributed by atoms with E-state index >= 15 is 0 Å². The molecule has 0 saturated heterocycles. The minimum absolute atomic E-state index is 0. The molecule has 0 aliphatic rings. The zero-order valence-electron chi connectivity index (χ0n) is 31.2. The van der Waals surface area contributed by atoms with Crippen LogP contribution in [0.15, 0.2) is 128 Å². The van der Waals surface area contributed by atoms with Gasteiger partial charge in [0.1, 0.15) is 6.61 Å². The fraction of sp³-hybridized carbons (Fsp3) is 0.182. The Balaban J connectivity index is -0.000000724. The second-order valence-electron chi connectivity index (χ2n) is 9.76. The summed E-state index contributed by atoms with van der Waals surface area (Å²) in [5.41, 5.74) is 2.75. The summed E-state index contributed by atoms with van der Waals surface area (Å²) in [5.74, 6) is 14.6. The molecule has 3 aromatic rings. The summed E-state index contributed by atoms with van der Waals surface area (Å²) in [6.45, 7) is 3.78. The Kier molecular flexibility index (Phi) is 34.2. The molecule has 3 rings (SSSR count). The van der Waals surface area contributed by atoms with E-state index in [1.165, 1.54) is 34.9 Å². The summed E-state index contributed by atoms with van der Waals surface area (Å²) in [6, 6.07) is 28.7. The van der Waals surface area contributed by atoms with Crippen molar-refractivity contribution in [3.05, 3.63) is 158 Å². The van der Waals surface area contributed by atoms with E-state index < -0.39 is 30.0 Å². The number of carbonyl (C=O) groups is 4. The molecule has 2 radical (unpaired) electrons. The van der Waals surface area contributed by atoms with Crippen molar-refractivity contribution in [1.29, 1.82) is 0 Å². The maximum atomic E-state index is 11.4. The summed E-state index contributed by atoms with van der Waals surface area (Å²) in [7, 11) is 5.07. The fourth-order valence-electron chi connectivity index (χ4n) is 3.48. The normalized spacial score (nSPS) is 9.40. The summed E-state index contributed by atoms with van der Waals surface area (Å²) in [5, 5.41) is 0. The van der Waals surface area contributed by atoms with Crippen LogP contribution in [0.5, 0.6) is 0 Å². The van der Waals surface area contributed by atoms with Gasteiger partial charge >= 0.3 is 18.1 Å². The van der Waals surface area contributed by atoms with Crippen molar-refractivity contribution >= 4 is 24.1 Å². The fourth-order valence-corrected chi connectivity index (χ4v) is 3.48. The Morgan fingerprint density at radius 1 is 0.655 bits per heavy atom. The van der Waals surface area contributed by atoms with Crippen LogP contribution in [0.2, 0.25) is 0 Å². The third kappa shape index (κ3) is 26.5. The van der Waals surface area contributed by atoms with E-state index in [4.69, 9.17) is 0 Å². The Hall–Kier alpha value is -5.88. The maximum absolute atomic E-state index is 11.4. The number of benzene rings is 3. The summed E-state index contributed by atoms with van der Waals surface area (Å²) >= 11 is 0. The van der Waals surface area contributed by atoms with Crippen molar-refractivity contribution in [2.45, 2.75) is 6.42 Å². The van der Waals surface area contributed by atoms with Gasteiger partial charge < -0.3 is 31.1 Å². The van der Waals surface area contributed by atoms with Gasteiger partial charge in [0.25, 0.3) is 0 Å². The van der Waals surface area contributed by atoms with Crippen LogP contribution in [0, 0.1) is 61.2 Å². The van der Waals surface area contributed by atoms with Gasteiger partial charge in [-0.1, -0.05) is 96.2 Å². The number of methoxy groups -OCH3 is 4. The molecule has 9 nitrogen and oxygen atoms in total. The van der Waals surface area contributed by atoms with Crippen molar-refractivity contribution in [2.75, 3.05) is 35.0 Å². The molecule has 0 aromatic heterocycles. The maximum Gasteiger partial charge on any atom is 0.508 e. The third-order valence-electron chi connectivity index (χ3n) is 6.12. The number of ether oxygens (including phenoxy) is 5. The van der Waals surface area contributed by atoms with E-state index in [0.29, 0.717) is 0 Å². The minimum atomic E-state index is -0.945. The van der Waals surface area contributed by atoms with E-state index in [1.807, 2.05) is 91.0 Å². The molecular formula is C44H44Co2O9-2. The van der Waals surface area contributed by atoms with Crippen molar-refractivity contribution in [1.82, 2.24) is 0 Å². The number of hydrogen-bond acceptors (Lipinski definition) is 9. The molecule has 0 aliphatic carbocycles. The van der Waals surface area contributed by atoms with Gasteiger partial charge in [0.05, 0.1) is 28.4 Å². The second-order valence-corrected chi connectivity index (χ2v) is 9.76. The zero-order chi connectivity index (χ0) is 38.2. The van der Waals surface area contributed by atoms with Crippen LogP contribution in [0.25, 0.3) is 0 Å². The number of esters is 3. The number of rotatable bonds is 9. The van der Waals surface area contributed by atoms with Crippen molar-refractivity contribution < 1.29 is 76.4 Å². The van der Waals surface area contributed by atoms with Gasteiger partial charge in [-0.2, -0.15) is 0 Å². The SMILES string of the molecule is C=CC(C#Cc1ccccc1)[CH-]C(=O)OC.COC(=O)C(C/C=C/C#Cc1ccccc1)C(=O)OC.COC(=O)OC/C=C/C#Cc1ccccc1.[CH3-].[Co].[Co]. The molecule has 0 bridgehead atoms. The van der Waals surface area contributed by atoms with Crippen LogP contribution in [0.1, 0.15) is 23.1 Å². The molecule has 3 aromatic carbocycles. The van der Waals surface area contributed by atoms with Crippen LogP contribution >= 0.6 is 0 Å². The van der Waals surface area contributed by atoms with E-state index in [9.17, 15) is 19.2 Å². The molecule has 0 amide bonds. The molecule has 0 spiro atoms. The van der Waals surface area contributed by atoms with E-state index in [1.54, 1.807) is 30.4 Å². The number of hydrogen-bond donors (Lipinski definition) is 0. The molecule has 0 saturated carbocycles. The van der Waals surface area contributed by atoms with Gasteiger partial charge in [-0.15, -0.1) is 18.6 Å². The average Bonchev–Trinajstić information content (AvgIpc) is 3.20. The number of allylic oxidation sites excluding steroid dienone is 4. The van der Waals surface area contributed by atoms with Gasteiger partial charge in [0.2, 0.25) is 0 Å². The van der Waals surface area contributed by atoms with Crippen molar-refractivity contribution in [3.8, 4) is 35.5 Å². The Morgan fingerprint density at radius 3 is 1.49 bits per heavy atom. The average molecular weight is 835 g/mol. The van der Waals surface area contributed by atoms with Gasteiger partial charge in [-0.3, -0.25) is 20.8 Å². The van der Waals surface area contributed by atoms with E-state index in [2.05, 4.69) is 65.8 Å². The standard InChI is InChI=1S/C16H16O4.C14H13O2.C13H12O3.CH3.2Co/c1-19-15(17)14(16(18)20-2)12-8-4-7-11-13-9-5-3-6-10-13;1-3-12(11-14(15)16-2)9-10-13-7-5-4-6-8-13;1-15-13(14)16-11-7-3-6-10-12-8-4-2-5-9-12;;;/h3-6,8-10,14H,12H2,1-2H3;3-8,11-12H,1H2,2H3;2-5,7-9H,11H2,1H3;1H3;;/q;-1;;-1;;/b8-4+;;7-3+;;;. The molecule has 0 fully saturated rings. The first-order valence-corrected chi connectivity index (χ1v) is 15.7. The smallest absolute Gasteiger partial charge is 0.491 e. The number of carbonyl (C=O) groups excluding carboxylic acids is 4. The molecular weight excluding hydrogens is 790 g/mol. The zero-order valence-corrected chi connectivity index (χ0v) is 33.3. The molecule has 0 aliphatic heterocycles. The molecule has 0 N–H and O–H groups in total. The summed E-state index contributed by atoms with van der Waals surface area (Å²) < 4.78 is 22.6. The van der Waals surface area contributed by atoms with Crippen molar-refractivity contribution in [2.24, 2.45) is 11.8 Å². The molecule has 11 heteroatoms. The second kappa shape index (κ2) is 35.2. The largest absolute Gasteiger partial charge is 0.508 e. The van der Waals surface area contributed by atoms with Crippen LogP contribution < -0.4 is 0 Å². The first-order chi connectivity index (χ1) is 25.3. The Labute approximate surface area is 346 Å². The molecule has 0 heterocycles. The van der Waals surface area contributed by atoms with E-state index in [-0.39, 0.29) is 59.9 Å². The first-order valence-electron chi connectivity index (χ1n) is 15.7. The van der Waals surface area contributed by atoms with Gasteiger partial charge in [0, 0.05) is 50.2 Å².